The molecule has 1 heterocycles. The summed E-state index contributed by atoms with van der Waals surface area (Å²) in [5.41, 5.74) is 1.38. The molecule has 1 aliphatic rings. The van der Waals surface area contributed by atoms with Crippen LogP contribution in [0.2, 0.25) is 0 Å². The zero-order valence-electron chi connectivity index (χ0n) is 16.4. The van der Waals surface area contributed by atoms with Gasteiger partial charge in [-0.3, -0.25) is 4.79 Å². The monoisotopic (exact) mass is 386 g/mol. The zero-order valence-corrected chi connectivity index (χ0v) is 16.4. The van der Waals surface area contributed by atoms with Crippen molar-refractivity contribution in [3.05, 3.63) is 65.5 Å². The minimum absolute atomic E-state index is 0.117. The highest BCUT2D eigenvalue weighted by Crippen LogP contribution is 2.19. The second-order valence-corrected chi connectivity index (χ2v) is 7.21. The Morgan fingerprint density at radius 1 is 1.29 bits per heavy atom. The summed E-state index contributed by atoms with van der Waals surface area (Å²) in [7, 11) is 3.81. The minimum atomic E-state index is -0.283. The molecule has 5 nitrogen and oxygen atoms in total. The molecule has 1 saturated heterocycles. The van der Waals surface area contributed by atoms with Crippen molar-refractivity contribution in [3.63, 3.8) is 0 Å². The summed E-state index contributed by atoms with van der Waals surface area (Å²) < 4.78 is 24.8. The van der Waals surface area contributed by atoms with Crippen LogP contribution in [0.5, 0.6) is 5.75 Å². The predicted octanol–water partition coefficient (Wildman–Crippen LogP) is 3.42. The first-order chi connectivity index (χ1) is 13.5. The van der Waals surface area contributed by atoms with Crippen LogP contribution in [0, 0.1) is 5.82 Å². The van der Waals surface area contributed by atoms with Crippen molar-refractivity contribution in [3.8, 4) is 5.75 Å². The second kappa shape index (κ2) is 9.66. The van der Waals surface area contributed by atoms with E-state index in [1.807, 2.05) is 25.1 Å². The van der Waals surface area contributed by atoms with E-state index in [1.54, 1.807) is 30.3 Å². The second-order valence-electron chi connectivity index (χ2n) is 7.21. The number of hydrogen-bond acceptors (Lipinski definition) is 4. The Kier molecular flexibility index (Phi) is 7.01. The molecule has 3 rings (SSSR count). The molecule has 28 heavy (non-hydrogen) atoms. The Morgan fingerprint density at radius 2 is 2.07 bits per heavy atom. The normalized spacial score (nSPS) is 17.5. The average Bonchev–Trinajstić information content (AvgIpc) is 3.20. The number of hydrogen-bond donors (Lipinski definition) is 1. The molecule has 0 aliphatic carbocycles. The molecule has 1 N–H and O–H groups in total. The van der Waals surface area contributed by atoms with E-state index in [9.17, 15) is 9.18 Å². The van der Waals surface area contributed by atoms with Gasteiger partial charge in [0.1, 0.15) is 18.2 Å². The molecule has 0 bridgehead atoms. The first-order valence-electron chi connectivity index (χ1n) is 9.57. The van der Waals surface area contributed by atoms with Crippen LogP contribution in [-0.4, -0.2) is 50.8 Å². The highest BCUT2D eigenvalue weighted by atomic mass is 19.1. The Bertz CT molecular complexity index is 774. The topological polar surface area (TPSA) is 50.8 Å². The van der Waals surface area contributed by atoms with Crippen LogP contribution in [-0.2, 0) is 4.74 Å². The van der Waals surface area contributed by atoms with Crippen LogP contribution in [0.25, 0.3) is 0 Å². The summed E-state index contributed by atoms with van der Waals surface area (Å²) in [6.07, 6.45) is 2.27. The molecule has 1 fully saturated rings. The van der Waals surface area contributed by atoms with Crippen LogP contribution >= 0.6 is 0 Å². The molecule has 1 amide bonds. The summed E-state index contributed by atoms with van der Waals surface area (Å²) in [6.45, 7) is 1.72. The summed E-state index contributed by atoms with van der Waals surface area (Å²) >= 11 is 0. The van der Waals surface area contributed by atoms with Crippen molar-refractivity contribution >= 4 is 5.91 Å². The molecule has 0 aromatic heterocycles. The molecule has 0 unspecified atom stereocenters. The van der Waals surface area contributed by atoms with Crippen LogP contribution in [0.1, 0.15) is 34.8 Å². The highest BCUT2D eigenvalue weighted by Gasteiger charge is 2.17. The van der Waals surface area contributed by atoms with Gasteiger partial charge >= 0.3 is 0 Å². The van der Waals surface area contributed by atoms with E-state index < -0.39 is 0 Å². The molecule has 0 spiro atoms. The van der Waals surface area contributed by atoms with Gasteiger partial charge in [-0.05, 0) is 68.9 Å². The first kappa shape index (κ1) is 20.3. The zero-order chi connectivity index (χ0) is 19.9. The summed E-state index contributed by atoms with van der Waals surface area (Å²) in [4.78, 5) is 14.4. The van der Waals surface area contributed by atoms with Crippen LogP contribution in [0.3, 0.4) is 0 Å². The number of benzene rings is 2. The lowest BCUT2D eigenvalue weighted by Crippen LogP contribution is -2.34. The van der Waals surface area contributed by atoms with Crippen molar-refractivity contribution in [2.45, 2.75) is 25.0 Å². The number of carbonyl (C=O) groups is 1. The van der Waals surface area contributed by atoms with E-state index in [0.717, 1.165) is 30.8 Å². The maximum absolute atomic E-state index is 13.5. The van der Waals surface area contributed by atoms with E-state index in [0.29, 0.717) is 18.7 Å². The molecule has 2 atom stereocenters. The van der Waals surface area contributed by atoms with E-state index in [1.165, 1.54) is 12.1 Å². The number of ether oxygens (including phenoxy) is 2. The van der Waals surface area contributed by atoms with Gasteiger partial charge in [-0.2, -0.15) is 0 Å². The van der Waals surface area contributed by atoms with Crippen LogP contribution < -0.4 is 10.1 Å². The minimum Gasteiger partial charge on any atom is -0.491 e. The molecule has 2 aromatic rings. The number of halogens is 1. The number of nitrogens with one attached hydrogen (secondary N) is 1. The number of amides is 1. The van der Waals surface area contributed by atoms with Gasteiger partial charge in [0.05, 0.1) is 12.1 Å². The SMILES string of the molecule is CN(C)[C@H](CNC(=O)c1ccc(OC[C@@H]2CCCO2)cc1)c1cccc(F)c1. The van der Waals surface area contributed by atoms with Crippen LogP contribution in [0.4, 0.5) is 4.39 Å². The van der Waals surface area contributed by atoms with E-state index in [4.69, 9.17) is 9.47 Å². The van der Waals surface area contributed by atoms with Gasteiger partial charge in [0.15, 0.2) is 0 Å². The van der Waals surface area contributed by atoms with Crippen molar-refractivity contribution < 1.29 is 18.7 Å². The fourth-order valence-corrected chi connectivity index (χ4v) is 3.27. The Hall–Kier alpha value is -2.44. The number of rotatable bonds is 8. The lowest BCUT2D eigenvalue weighted by molar-refractivity contribution is 0.0679. The summed E-state index contributed by atoms with van der Waals surface area (Å²) in [5.74, 6) is 0.265. The van der Waals surface area contributed by atoms with Gasteiger partial charge in [-0.15, -0.1) is 0 Å². The van der Waals surface area contributed by atoms with Gasteiger partial charge in [-0.1, -0.05) is 12.1 Å². The van der Waals surface area contributed by atoms with Crippen molar-refractivity contribution in [1.29, 1.82) is 0 Å². The number of carbonyl (C=O) groups excluding carboxylic acids is 1. The third kappa shape index (κ3) is 5.53. The third-order valence-electron chi connectivity index (χ3n) is 4.89. The maximum atomic E-state index is 13.5. The quantitative estimate of drug-likeness (QED) is 0.755. The fraction of sp³-hybridized carbons (Fsp3) is 0.409. The molecule has 0 radical (unpaired) electrons. The fourth-order valence-electron chi connectivity index (χ4n) is 3.27. The summed E-state index contributed by atoms with van der Waals surface area (Å²) in [6, 6.07) is 13.4. The molecule has 6 heteroatoms. The lowest BCUT2D eigenvalue weighted by atomic mass is 10.1. The molecule has 0 saturated carbocycles. The predicted molar refractivity (Wildman–Crippen MR) is 106 cm³/mol. The van der Waals surface area contributed by atoms with Crippen LogP contribution in [0.15, 0.2) is 48.5 Å². The standard InChI is InChI=1S/C22H27FN2O3/c1-25(2)21(17-5-3-6-18(23)13-17)14-24-22(26)16-8-10-19(11-9-16)28-15-20-7-4-12-27-20/h3,5-6,8-11,13,20-21H,4,7,12,14-15H2,1-2H3,(H,24,26)/t20-,21+/m0/s1. The van der Waals surface area contributed by atoms with Gasteiger partial charge < -0.3 is 19.7 Å². The van der Waals surface area contributed by atoms with Crippen molar-refractivity contribution in [2.24, 2.45) is 0 Å². The maximum Gasteiger partial charge on any atom is 0.251 e. The Labute approximate surface area is 165 Å². The summed E-state index contributed by atoms with van der Waals surface area (Å²) in [5, 5.41) is 2.93. The Balaban J connectivity index is 1.54. The van der Waals surface area contributed by atoms with E-state index in [-0.39, 0.29) is 23.9 Å². The molecule has 150 valence electrons. The molecular weight excluding hydrogens is 359 g/mol. The molecule has 2 aromatic carbocycles. The van der Waals surface area contributed by atoms with Crippen molar-refractivity contribution in [2.75, 3.05) is 33.9 Å². The van der Waals surface area contributed by atoms with Gasteiger partial charge in [0, 0.05) is 18.7 Å². The van der Waals surface area contributed by atoms with E-state index >= 15 is 0 Å². The molecule has 1 aliphatic heterocycles. The molecular formula is C22H27FN2O3. The van der Waals surface area contributed by atoms with Gasteiger partial charge in [0.25, 0.3) is 5.91 Å². The number of nitrogens with zero attached hydrogens (tertiary/aromatic N) is 1. The van der Waals surface area contributed by atoms with E-state index in [2.05, 4.69) is 5.32 Å². The Morgan fingerprint density at radius 3 is 2.71 bits per heavy atom. The number of likely N-dealkylation sites (N-methyl/N-ethyl adjacent to an activating group) is 1. The highest BCUT2D eigenvalue weighted by molar-refractivity contribution is 5.94. The van der Waals surface area contributed by atoms with Gasteiger partial charge in [-0.25, -0.2) is 4.39 Å². The smallest absolute Gasteiger partial charge is 0.251 e. The lowest BCUT2D eigenvalue weighted by Gasteiger charge is -2.25. The van der Waals surface area contributed by atoms with Gasteiger partial charge in [0.2, 0.25) is 0 Å². The third-order valence-corrected chi connectivity index (χ3v) is 4.89. The average molecular weight is 386 g/mol. The largest absolute Gasteiger partial charge is 0.491 e. The first-order valence-corrected chi connectivity index (χ1v) is 9.57. The van der Waals surface area contributed by atoms with Crippen molar-refractivity contribution in [1.82, 2.24) is 10.2 Å².